The summed E-state index contributed by atoms with van der Waals surface area (Å²) in [5.41, 5.74) is 0.483. The molecular formula is C14H18ClN3O2. The van der Waals surface area contributed by atoms with Crippen molar-refractivity contribution in [2.24, 2.45) is 0 Å². The van der Waals surface area contributed by atoms with E-state index >= 15 is 0 Å². The lowest BCUT2D eigenvalue weighted by molar-refractivity contribution is 0.0880. The Morgan fingerprint density at radius 1 is 1.55 bits per heavy atom. The van der Waals surface area contributed by atoms with Crippen molar-refractivity contribution in [2.45, 2.75) is 32.2 Å². The van der Waals surface area contributed by atoms with E-state index in [-0.39, 0.29) is 17.7 Å². The van der Waals surface area contributed by atoms with Crippen LogP contribution >= 0.6 is 11.6 Å². The highest BCUT2D eigenvalue weighted by atomic mass is 35.5. The molecule has 108 valence electrons. The average Bonchev–Trinajstić information content (AvgIpc) is 2.74. The third-order valence-corrected chi connectivity index (χ3v) is 3.83. The molecule has 0 saturated carbocycles. The van der Waals surface area contributed by atoms with Crippen molar-refractivity contribution in [3.63, 3.8) is 0 Å². The van der Waals surface area contributed by atoms with Crippen LogP contribution in [0, 0.1) is 0 Å². The number of hydrogen-bond acceptors (Lipinski definition) is 3. The van der Waals surface area contributed by atoms with Gasteiger partial charge in [0.1, 0.15) is 5.65 Å². The standard InChI is InChI=1S/C14H18ClN3O2/c1-3-14(2,7-9-19)17-13(20)11-12(15)16-10-6-4-5-8-18(10)11/h4-6,8,19H,3,7,9H2,1-2H3,(H,17,20). The Morgan fingerprint density at radius 2 is 2.30 bits per heavy atom. The van der Waals surface area contributed by atoms with Gasteiger partial charge in [-0.15, -0.1) is 0 Å². The smallest absolute Gasteiger partial charge is 0.271 e. The molecule has 0 aliphatic rings. The van der Waals surface area contributed by atoms with E-state index in [2.05, 4.69) is 10.3 Å². The fourth-order valence-corrected chi connectivity index (χ4v) is 2.34. The highest BCUT2D eigenvalue weighted by Crippen LogP contribution is 2.20. The second kappa shape index (κ2) is 5.81. The first-order valence-corrected chi connectivity index (χ1v) is 6.94. The number of aliphatic hydroxyl groups excluding tert-OH is 1. The molecule has 5 nitrogen and oxygen atoms in total. The number of imidazole rings is 1. The number of hydrogen-bond donors (Lipinski definition) is 2. The molecule has 2 rings (SSSR count). The number of nitrogens with zero attached hydrogens (tertiary/aromatic N) is 2. The molecule has 2 heterocycles. The van der Waals surface area contributed by atoms with Crippen molar-refractivity contribution < 1.29 is 9.90 Å². The van der Waals surface area contributed by atoms with Crippen molar-refractivity contribution in [3.8, 4) is 0 Å². The highest BCUT2D eigenvalue weighted by molar-refractivity contribution is 6.32. The highest BCUT2D eigenvalue weighted by Gasteiger charge is 2.27. The summed E-state index contributed by atoms with van der Waals surface area (Å²) < 4.78 is 1.66. The minimum atomic E-state index is -0.464. The maximum absolute atomic E-state index is 12.5. The van der Waals surface area contributed by atoms with Crippen LogP contribution in [0.2, 0.25) is 5.15 Å². The van der Waals surface area contributed by atoms with Crippen molar-refractivity contribution in [2.75, 3.05) is 6.61 Å². The molecule has 2 aromatic heterocycles. The SMILES string of the molecule is CCC(C)(CCO)NC(=O)c1c(Cl)nc2ccccn12. The van der Waals surface area contributed by atoms with E-state index in [9.17, 15) is 4.79 Å². The third kappa shape index (κ3) is 2.78. The van der Waals surface area contributed by atoms with E-state index in [4.69, 9.17) is 16.7 Å². The molecular weight excluding hydrogens is 278 g/mol. The molecule has 0 aliphatic carbocycles. The number of amides is 1. The van der Waals surface area contributed by atoms with E-state index < -0.39 is 5.54 Å². The van der Waals surface area contributed by atoms with Gasteiger partial charge in [0.15, 0.2) is 10.8 Å². The fourth-order valence-electron chi connectivity index (χ4n) is 2.08. The number of aliphatic hydroxyl groups is 1. The maximum atomic E-state index is 12.5. The van der Waals surface area contributed by atoms with Gasteiger partial charge in [-0.05, 0) is 31.9 Å². The summed E-state index contributed by atoms with van der Waals surface area (Å²) in [5, 5.41) is 12.2. The summed E-state index contributed by atoms with van der Waals surface area (Å²) >= 11 is 6.07. The summed E-state index contributed by atoms with van der Waals surface area (Å²) in [6.07, 6.45) is 2.95. The second-order valence-electron chi connectivity index (χ2n) is 5.02. The number of carbonyl (C=O) groups excluding carboxylic acids is 1. The van der Waals surface area contributed by atoms with E-state index in [0.717, 1.165) is 0 Å². The second-order valence-corrected chi connectivity index (χ2v) is 5.38. The van der Waals surface area contributed by atoms with Gasteiger partial charge in [0.25, 0.3) is 5.91 Å². The molecule has 1 unspecified atom stereocenters. The van der Waals surface area contributed by atoms with Gasteiger partial charge >= 0.3 is 0 Å². The van der Waals surface area contributed by atoms with E-state index in [0.29, 0.717) is 24.2 Å². The Labute approximate surface area is 122 Å². The monoisotopic (exact) mass is 295 g/mol. The number of aromatic nitrogens is 2. The summed E-state index contributed by atoms with van der Waals surface area (Å²) in [4.78, 5) is 16.6. The summed E-state index contributed by atoms with van der Waals surface area (Å²) in [7, 11) is 0. The fraction of sp³-hybridized carbons (Fsp3) is 0.429. The molecule has 0 radical (unpaired) electrons. The molecule has 0 spiro atoms. The molecule has 1 amide bonds. The normalized spacial score (nSPS) is 14.2. The van der Waals surface area contributed by atoms with Crippen LogP contribution in [0.4, 0.5) is 0 Å². The van der Waals surface area contributed by atoms with Crippen LogP contribution in [-0.2, 0) is 0 Å². The largest absolute Gasteiger partial charge is 0.396 e. The third-order valence-electron chi connectivity index (χ3n) is 3.56. The number of pyridine rings is 1. The Kier molecular flexibility index (Phi) is 4.30. The zero-order chi connectivity index (χ0) is 14.8. The first-order chi connectivity index (χ1) is 9.50. The van der Waals surface area contributed by atoms with Crippen molar-refractivity contribution in [1.82, 2.24) is 14.7 Å². The molecule has 0 aliphatic heterocycles. The van der Waals surface area contributed by atoms with Crippen molar-refractivity contribution in [1.29, 1.82) is 0 Å². The number of carbonyl (C=O) groups is 1. The van der Waals surface area contributed by atoms with Crippen LogP contribution in [0.3, 0.4) is 0 Å². The first-order valence-electron chi connectivity index (χ1n) is 6.56. The number of nitrogens with one attached hydrogen (secondary N) is 1. The molecule has 0 aromatic carbocycles. The van der Waals surface area contributed by atoms with E-state index in [1.807, 2.05) is 26.0 Å². The molecule has 0 saturated heterocycles. The van der Waals surface area contributed by atoms with Gasteiger partial charge in [-0.2, -0.15) is 0 Å². The van der Waals surface area contributed by atoms with Gasteiger partial charge in [0.05, 0.1) is 0 Å². The van der Waals surface area contributed by atoms with E-state index in [1.54, 1.807) is 16.7 Å². The maximum Gasteiger partial charge on any atom is 0.271 e. The van der Waals surface area contributed by atoms with E-state index in [1.165, 1.54) is 0 Å². The van der Waals surface area contributed by atoms with Crippen LogP contribution in [0.25, 0.3) is 5.65 Å². The van der Waals surface area contributed by atoms with Gasteiger partial charge in [0, 0.05) is 18.3 Å². The zero-order valence-electron chi connectivity index (χ0n) is 11.6. The summed E-state index contributed by atoms with van der Waals surface area (Å²) in [5.74, 6) is -0.286. The van der Waals surface area contributed by atoms with Crippen molar-refractivity contribution in [3.05, 3.63) is 35.2 Å². The van der Waals surface area contributed by atoms with Crippen LogP contribution in [0.5, 0.6) is 0 Å². The average molecular weight is 296 g/mol. The quantitative estimate of drug-likeness (QED) is 0.889. The molecule has 0 fully saturated rings. The predicted molar refractivity (Wildman–Crippen MR) is 78.1 cm³/mol. The Balaban J connectivity index is 2.34. The Hall–Kier alpha value is -1.59. The van der Waals surface area contributed by atoms with Gasteiger partial charge in [-0.3, -0.25) is 9.20 Å². The Morgan fingerprint density at radius 3 is 2.95 bits per heavy atom. The predicted octanol–water partition coefficient (Wildman–Crippen LogP) is 2.27. The molecule has 2 N–H and O–H groups in total. The van der Waals surface area contributed by atoms with Gasteiger partial charge in [-0.1, -0.05) is 24.6 Å². The van der Waals surface area contributed by atoms with Crippen LogP contribution in [0.15, 0.2) is 24.4 Å². The molecule has 0 bridgehead atoms. The topological polar surface area (TPSA) is 66.6 Å². The van der Waals surface area contributed by atoms with Gasteiger partial charge < -0.3 is 10.4 Å². The van der Waals surface area contributed by atoms with Crippen LogP contribution < -0.4 is 5.32 Å². The summed E-state index contributed by atoms with van der Waals surface area (Å²) in [6, 6.07) is 5.44. The van der Waals surface area contributed by atoms with Crippen LogP contribution in [0.1, 0.15) is 37.2 Å². The lowest BCUT2D eigenvalue weighted by atomic mass is 9.95. The van der Waals surface area contributed by atoms with Crippen molar-refractivity contribution >= 4 is 23.2 Å². The molecule has 2 aromatic rings. The summed E-state index contributed by atoms with van der Waals surface area (Å²) in [6.45, 7) is 3.88. The molecule has 1 atom stereocenters. The zero-order valence-corrected chi connectivity index (χ0v) is 12.3. The molecule has 6 heteroatoms. The lowest BCUT2D eigenvalue weighted by Crippen LogP contribution is -2.46. The lowest BCUT2D eigenvalue weighted by Gasteiger charge is -2.28. The van der Waals surface area contributed by atoms with Gasteiger partial charge in [-0.25, -0.2) is 4.98 Å². The number of halogens is 1. The minimum absolute atomic E-state index is 0.0193. The number of fused-ring (bicyclic) bond motifs is 1. The first kappa shape index (κ1) is 14.8. The molecule has 20 heavy (non-hydrogen) atoms. The number of rotatable bonds is 5. The minimum Gasteiger partial charge on any atom is -0.396 e. The Bertz CT molecular complexity index is 626. The van der Waals surface area contributed by atoms with Gasteiger partial charge in [0.2, 0.25) is 0 Å². The van der Waals surface area contributed by atoms with Crippen LogP contribution in [-0.4, -0.2) is 32.5 Å².